The lowest BCUT2D eigenvalue weighted by atomic mass is 10.1. The minimum atomic E-state index is -0.236. The molecule has 0 aliphatic rings. The molecule has 3 aromatic rings. The van der Waals surface area contributed by atoms with Crippen LogP contribution in [0.25, 0.3) is 10.9 Å². The van der Waals surface area contributed by atoms with Crippen LogP contribution in [0.3, 0.4) is 0 Å². The molecule has 0 saturated heterocycles. The smallest absolute Gasteiger partial charge is 0.274 e. The number of benzene rings is 1. The van der Waals surface area contributed by atoms with Gasteiger partial charge in [0.05, 0.1) is 0 Å². The molecule has 0 aliphatic heterocycles. The van der Waals surface area contributed by atoms with Crippen molar-refractivity contribution < 1.29 is 4.79 Å². The van der Waals surface area contributed by atoms with Crippen molar-refractivity contribution in [3.05, 3.63) is 54.2 Å². The summed E-state index contributed by atoms with van der Waals surface area (Å²) < 4.78 is 0. The van der Waals surface area contributed by atoms with Gasteiger partial charge in [-0.05, 0) is 36.2 Å². The molecule has 3 rings (SSSR count). The molecule has 20 heavy (non-hydrogen) atoms. The van der Waals surface area contributed by atoms with Crippen molar-refractivity contribution in [2.24, 2.45) is 0 Å². The van der Waals surface area contributed by atoms with Crippen molar-refractivity contribution in [1.82, 2.24) is 15.0 Å². The number of carbonyl (C=O) groups excluding carboxylic acids is 1. The van der Waals surface area contributed by atoms with E-state index < -0.39 is 0 Å². The molecule has 0 radical (unpaired) electrons. The van der Waals surface area contributed by atoms with Gasteiger partial charge in [-0.2, -0.15) is 0 Å². The number of rotatable bonds is 3. The van der Waals surface area contributed by atoms with Gasteiger partial charge in [-0.25, -0.2) is 9.97 Å². The van der Waals surface area contributed by atoms with Crippen molar-refractivity contribution in [2.75, 3.05) is 5.32 Å². The van der Waals surface area contributed by atoms with Crippen molar-refractivity contribution in [2.45, 2.75) is 13.3 Å². The number of H-pyrrole nitrogens is 1. The van der Waals surface area contributed by atoms with Crippen LogP contribution < -0.4 is 5.32 Å². The Hall–Kier alpha value is -2.69. The van der Waals surface area contributed by atoms with Gasteiger partial charge in [-0.1, -0.05) is 6.92 Å². The largest absolute Gasteiger partial charge is 0.361 e. The van der Waals surface area contributed by atoms with E-state index in [2.05, 4.69) is 27.2 Å². The van der Waals surface area contributed by atoms with Crippen molar-refractivity contribution in [1.29, 1.82) is 0 Å². The van der Waals surface area contributed by atoms with Gasteiger partial charge in [0.1, 0.15) is 12.0 Å². The molecule has 0 unspecified atom stereocenters. The summed E-state index contributed by atoms with van der Waals surface area (Å²) in [7, 11) is 0. The van der Waals surface area contributed by atoms with Gasteiger partial charge in [0, 0.05) is 29.0 Å². The third kappa shape index (κ3) is 2.25. The maximum absolute atomic E-state index is 12.0. The summed E-state index contributed by atoms with van der Waals surface area (Å²) in [6, 6.07) is 7.40. The van der Waals surface area contributed by atoms with Gasteiger partial charge in [0.25, 0.3) is 5.91 Å². The highest BCUT2D eigenvalue weighted by Gasteiger charge is 2.08. The molecule has 0 spiro atoms. The van der Waals surface area contributed by atoms with E-state index in [1.165, 1.54) is 11.9 Å². The molecule has 2 aromatic heterocycles. The van der Waals surface area contributed by atoms with Crippen LogP contribution in [0.4, 0.5) is 5.69 Å². The van der Waals surface area contributed by atoms with Gasteiger partial charge >= 0.3 is 0 Å². The zero-order valence-electron chi connectivity index (χ0n) is 11.1. The molecule has 2 N–H and O–H groups in total. The van der Waals surface area contributed by atoms with Crippen LogP contribution in [0.1, 0.15) is 23.0 Å². The molecule has 0 bridgehead atoms. The van der Waals surface area contributed by atoms with Crippen LogP contribution in [0.5, 0.6) is 0 Å². The van der Waals surface area contributed by atoms with Crippen LogP contribution >= 0.6 is 0 Å². The summed E-state index contributed by atoms with van der Waals surface area (Å²) in [5.41, 5.74) is 3.42. The number of hydrogen-bond acceptors (Lipinski definition) is 3. The molecule has 1 amide bonds. The summed E-state index contributed by atoms with van der Waals surface area (Å²) in [4.78, 5) is 23.0. The number of aromatic nitrogens is 3. The van der Waals surface area contributed by atoms with Crippen molar-refractivity contribution in [3.8, 4) is 0 Å². The first kappa shape index (κ1) is 12.3. The molecule has 5 nitrogen and oxygen atoms in total. The Kier molecular flexibility index (Phi) is 3.16. The lowest BCUT2D eigenvalue weighted by molar-refractivity contribution is 0.102. The second kappa shape index (κ2) is 5.13. The van der Waals surface area contributed by atoms with Gasteiger partial charge in [-0.3, -0.25) is 4.79 Å². The number of anilines is 1. The highest BCUT2D eigenvalue weighted by molar-refractivity contribution is 6.03. The van der Waals surface area contributed by atoms with Crippen molar-refractivity contribution >= 4 is 22.5 Å². The van der Waals surface area contributed by atoms with Gasteiger partial charge in [0.2, 0.25) is 0 Å². The van der Waals surface area contributed by atoms with Gasteiger partial charge in [-0.15, -0.1) is 0 Å². The summed E-state index contributed by atoms with van der Waals surface area (Å²) >= 11 is 0. The molecule has 0 saturated carbocycles. The maximum atomic E-state index is 12.0. The lowest BCUT2D eigenvalue weighted by Gasteiger charge is -2.05. The Morgan fingerprint density at radius 3 is 3.00 bits per heavy atom. The van der Waals surface area contributed by atoms with E-state index in [1.54, 1.807) is 12.3 Å². The fraction of sp³-hybridized carbons (Fsp3) is 0.133. The summed E-state index contributed by atoms with van der Waals surface area (Å²) in [5.74, 6) is -0.236. The summed E-state index contributed by atoms with van der Waals surface area (Å²) in [6.07, 6.45) is 5.86. The number of nitrogens with zero attached hydrogens (tertiary/aromatic N) is 2. The normalized spacial score (nSPS) is 10.7. The number of aryl methyl sites for hydroxylation is 1. The van der Waals surface area contributed by atoms with E-state index >= 15 is 0 Å². The number of hydrogen-bond donors (Lipinski definition) is 2. The average Bonchev–Trinajstić information content (AvgIpc) is 2.90. The van der Waals surface area contributed by atoms with Crippen LogP contribution in [0.2, 0.25) is 0 Å². The van der Waals surface area contributed by atoms with Gasteiger partial charge in [0.15, 0.2) is 0 Å². The monoisotopic (exact) mass is 266 g/mol. The van der Waals surface area contributed by atoms with E-state index in [1.807, 2.05) is 24.4 Å². The van der Waals surface area contributed by atoms with E-state index in [4.69, 9.17) is 0 Å². The number of nitrogens with one attached hydrogen (secondary N) is 2. The minimum Gasteiger partial charge on any atom is -0.361 e. The van der Waals surface area contributed by atoms with E-state index in [0.29, 0.717) is 5.69 Å². The molecule has 2 heterocycles. The fourth-order valence-electron chi connectivity index (χ4n) is 2.17. The topological polar surface area (TPSA) is 70.7 Å². The fourth-order valence-corrected chi connectivity index (χ4v) is 2.17. The number of carbonyl (C=O) groups is 1. The summed E-state index contributed by atoms with van der Waals surface area (Å²) in [6.45, 7) is 2.11. The van der Waals surface area contributed by atoms with Gasteiger partial charge < -0.3 is 10.3 Å². The summed E-state index contributed by atoms with van der Waals surface area (Å²) in [5, 5.41) is 3.98. The Balaban J connectivity index is 1.89. The number of amides is 1. The zero-order chi connectivity index (χ0) is 13.9. The Bertz CT molecular complexity index is 749. The van der Waals surface area contributed by atoms with E-state index in [0.717, 1.165) is 23.0 Å². The first-order valence-electron chi connectivity index (χ1n) is 6.45. The quantitative estimate of drug-likeness (QED) is 0.765. The second-order valence-electron chi connectivity index (χ2n) is 4.48. The molecule has 0 aliphatic carbocycles. The Morgan fingerprint density at radius 1 is 1.35 bits per heavy atom. The standard InChI is InChI=1S/C15H14N4O/c1-2-10-8-17-13-4-3-11(7-12(10)13)19-15(20)14-5-6-16-9-18-14/h3-9,17H,2H2,1H3,(H,19,20). The van der Waals surface area contributed by atoms with Crippen molar-refractivity contribution in [3.63, 3.8) is 0 Å². The third-order valence-corrected chi connectivity index (χ3v) is 3.22. The maximum Gasteiger partial charge on any atom is 0.274 e. The van der Waals surface area contributed by atoms with Crippen LogP contribution in [-0.4, -0.2) is 20.9 Å². The predicted molar refractivity (Wildman–Crippen MR) is 77.7 cm³/mol. The highest BCUT2D eigenvalue weighted by Crippen LogP contribution is 2.23. The average molecular weight is 266 g/mol. The van der Waals surface area contributed by atoms with Crippen LogP contribution in [0.15, 0.2) is 43.0 Å². The van der Waals surface area contributed by atoms with E-state index in [9.17, 15) is 4.79 Å². The minimum absolute atomic E-state index is 0.236. The highest BCUT2D eigenvalue weighted by atomic mass is 16.1. The van der Waals surface area contributed by atoms with Crippen LogP contribution in [-0.2, 0) is 6.42 Å². The zero-order valence-corrected chi connectivity index (χ0v) is 11.1. The molecular weight excluding hydrogens is 252 g/mol. The SMILES string of the molecule is CCc1c[nH]c2ccc(NC(=O)c3ccncn3)cc12. The number of fused-ring (bicyclic) bond motifs is 1. The Morgan fingerprint density at radius 2 is 2.25 bits per heavy atom. The van der Waals surface area contributed by atoms with E-state index in [-0.39, 0.29) is 5.91 Å². The first-order valence-corrected chi connectivity index (χ1v) is 6.45. The first-order chi connectivity index (χ1) is 9.78. The lowest BCUT2D eigenvalue weighted by Crippen LogP contribution is -2.13. The molecule has 0 atom stereocenters. The molecule has 5 heteroatoms. The Labute approximate surface area is 116 Å². The van der Waals surface area contributed by atoms with Crippen LogP contribution in [0, 0.1) is 0 Å². The molecule has 0 fully saturated rings. The second-order valence-corrected chi connectivity index (χ2v) is 4.48. The molecule has 1 aromatic carbocycles. The molecular formula is C15H14N4O. The number of aromatic amines is 1. The predicted octanol–water partition coefficient (Wildman–Crippen LogP) is 2.77. The third-order valence-electron chi connectivity index (χ3n) is 3.22. The molecule has 100 valence electrons.